The Morgan fingerprint density at radius 1 is 1.60 bits per heavy atom. The van der Waals surface area contributed by atoms with Crippen LogP contribution in [0.25, 0.3) is 11.0 Å². The first kappa shape index (κ1) is 9.64. The number of nitro groups is 1. The summed E-state index contributed by atoms with van der Waals surface area (Å²) in [6.07, 6.45) is 4.22. The highest BCUT2D eigenvalue weighted by atomic mass is 16.6. The number of nitrogens with zero attached hydrogens (tertiary/aromatic N) is 3. The summed E-state index contributed by atoms with van der Waals surface area (Å²) < 4.78 is 2.00. The normalized spacial score (nSPS) is 10.7. The van der Waals surface area contributed by atoms with E-state index in [9.17, 15) is 10.1 Å². The third-order valence-corrected chi connectivity index (χ3v) is 2.26. The molecule has 2 rings (SSSR count). The van der Waals surface area contributed by atoms with E-state index in [4.69, 9.17) is 0 Å². The van der Waals surface area contributed by atoms with Gasteiger partial charge < -0.3 is 4.57 Å². The van der Waals surface area contributed by atoms with Crippen LogP contribution < -0.4 is 0 Å². The van der Waals surface area contributed by atoms with Crippen LogP contribution in [0.2, 0.25) is 0 Å². The molecule has 0 unspecified atom stereocenters. The number of fused-ring (bicyclic) bond motifs is 1. The number of pyridine rings is 1. The highest BCUT2D eigenvalue weighted by Crippen LogP contribution is 2.19. The maximum atomic E-state index is 10.5. The van der Waals surface area contributed by atoms with Crippen LogP contribution in [0, 0.1) is 10.1 Å². The van der Waals surface area contributed by atoms with Gasteiger partial charge in [-0.3, -0.25) is 10.1 Å². The first-order chi connectivity index (χ1) is 7.22. The van der Waals surface area contributed by atoms with Crippen molar-refractivity contribution in [2.45, 2.75) is 19.9 Å². The second-order valence-corrected chi connectivity index (χ2v) is 3.37. The minimum absolute atomic E-state index is 0.0387. The van der Waals surface area contributed by atoms with Crippen molar-refractivity contribution in [3.63, 3.8) is 0 Å². The van der Waals surface area contributed by atoms with Gasteiger partial charge in [0, 0.05) is 24.2 Å². The van der Waals surface area contributed by atoms with Gasteiger partial charge in [0.25, 0.3) is 5.69 Å². The van der Waals surface area contributed by atoms with E-state index in [-0.39, 0.29) is 5.69 Å². The van der Waals surface area contributed by atoms with Gasteiger partial charge >= 0.3 is 0 Å². The SMILES string of the molecule is CCCn1ccc2cc([N+](=O)[O-])cnc21. The van der Waals surface area contributed by atoms with Crippen LogP contribution in [0.4, 0.5) is 5.69 Å². The lowest BCUT2D eigenvalue weighted by Gasteiger charge is -2.00. The third-order valence-electron chi connectivity index (χ3n) is 2.26. The topological polar surface area (TPSA) is 61.0 Å². The summed E-state index contributed by atoms with van der Waals surface area (Å²) in [5, 5.41) is 11.4. The molecule has 0 spiro atoms. The third kappa shape index (κ3) is 1.68. The average Bonchev–Trinajstić information content (AvgIpc) is 2.61. The van der Waals surface area contributed by atoms with Gasteiger partial charge in [-0.1, -0.05) is 6.92 Å². The van der Waals surface area contributed by atoms with Crippen LogP contribution in [0.5, 0.6) is 0 Å². The van der Waals surface area contributed by atoms with Crippen LogP contribution in [-0.2, 0) is 6.54 Å². The molecule has 0 aliphatic carbocycles. The molecule has 0 aliphatic heterocycles. The molecule has 15 heavy (non-hydrogen) atoms. The fourth-order valence-corrected chi connectivity index (χ4v) is 1.59. The molecule has 0 aliphatic rings. The number of aromatic nitrogens is 2. The molecule has 0 fully saturated rings. The van der Waals surface area contributed by atoms with E-state index in [1.54, 1.807) is 6.07 Å². The Morgan fingerprint density at radius 3 is 3.07 bits per heavy atom. The molecule has 2 aromatic rings. The van der Waals surface area contributed by atoms with E-state index in [2.05, 4.69) is 11.9 Å². The summed E-state index contributed by atoms with van der Waals surface area (Å²) >= 11 is 0. The van der Waals surface area contributed by atoms with Crippen LogP contribution in [0.15, 0.2) is 24.5 Å². The zero-order chi connectivity index (χ0) is 10.8. The van der Waals surface area contributed by atoms with Crippen LogP contribution in [0.1, 0.15) is 13.3 Å². The molecule has 0 N–H and O–H groups in total. The quantitative estimate of drug-likeness (QED) is 0.570. The first-order valence-corrected chi connectivity index (χ1v) is 4.81. The molecule has 5 nitrogen and oxygen atoms in total. The van der Waals surface area contributed by atoms with E-state index in [1.165, 1.54) is 6.20 Å². The maximum absolute atomic E-state index is 10.5. The standard InChI is InChI=1S/C10H11N3O2/c1-2-4-12-5-3-8-6-9(13(14)15)7-11-10(8)12/h3,5-7H,2,4H2,1H3. The lowest BCUT2D eigenvalue weighted by molar-refractivity contribution is -0.385. The van der Waals surface area contributed by atoms with Gasteiger partial charge in [-0.2, -0.15) is 0 Å². The Labute approximate surface area is 86.5 Å². The van der Waals surface area contributed by atoms with E-state index < -0.39 is 4.92 Å². The lowest BCUT2D eigenvalue weighted by atomic mass is 10.3. The van der Waals surface area contributed by atoms with Gasteiger partial charge in [-0.05, 0) is 12.5 Å². The second-order valence-electron chi connectivity index (χ2n) is 3.37. The highest BCUT2D eigenvalue weighted by molar-refractivity contribution is 5.78. The molecule has 2 aromatic heterocycles. The number of rotatable bonds is 3. The first-order valence-electron chi connectivity index (χ1n) is 4.81. The number of hydrogen-bond donors (Lipinski definition) is 0. The molecule has 0 saturated heterocycles. The molecule has 78 valence electrons. The summed E-state index contributed by atoms with van der Waals surface area (Å²) in [6.45, 7) is 2.96. The Balaban J connectivity index is 2.51. The van der Waals surface area contributed by atoms with Gasteiger partial charge in [0.15, 0.2) is 0 Å². The summed E-state index contributed by atoms with van der Waals surface area (Å²) in [5.74, 6) is 0. The molecular weight excluding hydrogens is 194 g/mol. The van der Waals surface area contributed by atoms with Crippen LogP contribution >= 0.6 is 0 Å². The monoisotopic (exact) mass is 205 g/mol. The Hall–Kier alpha value is -1.91. The van der Waals surface area contributed by atoms with Crippen molar-refractivity contribution in [3.05, 3.63) is 34.6 Å². The van der Waals surface area contributed by atoms with E-state index in [0.29, 0.717) is 0 Å². The zero-order valence-electron chi connectivity index (χ0n) is 8.38. The van der Waals surface area contributed by atoms with Gasteiger partial charge in [-0.25, -0.2) is 4.98 Å². The van der Waals surface area contributed by atoms with Crippen molar-refractivity contribution < 1.29 is 4.92 Å². The predicted molar refractivity (Wildman–Crippen MR) is 56.7 cm³/mol. The Morgan fingerprint density at radius 2 is 2.40 bits per heavy atom. The summed E-state index contributed by atoms with van der Waals surface area (Å²) in [4.78, 5) is 14.2. The van der Waals surface area contributed by atoms with Crippen molar-refractivity contribution >= 4 is 16.7 Å². The largest absolute Gasteiger partial charge is 0.333 e. The summed E-state index contributed by atoms with van der Waals surface area (Å²) in [6, 6.07) is 3.40. The molecular formula is C10H11N3O2. The molecule has 0 amide bonds. The molecule has 0 aromatic carbocycles. The van der Waals surface area contributed by atoms with Gasteiger partial charge in [0.1, 0.15) is 11.8 Å². The molecule has 0 radical (unpaired) electrons. The van der Waals surface area contributed by atoms with Gasteiger partial charge in [0.05, 0.1) is 4.92 Å². The van der Waals surface area contributed by atoms with Crippen LogP contribution in [-0.4, -0.2) is 14.5 Å². The number of hydrogen-bond acceptors (Lipinski definition) is 3. The Kier molecular flexibility index (Phi) is 2.37. The van der Waals surface area contributed by atoms with Crippen molar-refractivity contribution in [2.75, 3.05) is 0 Å². The molecule has 0 saturated carbocycles. The van der Waals surface area contributed by atoms with Gasteiger partial charge in [-0.15, -0.1) is 0 Å². The van der Waals surface area contributed by atoms with Crippen molar-refractivity contribution in [1.29, 1.82) is 0 Å². The lowest BCUT2D eigenvalue weighted by Crippen LogP contribution is -1.96. The fourth-order valence-electron chi connectivity index (χ4n) is 1.59. The Bertz CT molecular complexity index is 504. The van der Waals surface area contributed by atoms with E-state index in [0.717, 1.165) is 24.0 Å². The minimum atomic E-state index is -0.427. The molecule has 0 atom stereocenters. The van der Waals surface area contributed by atoms with E-state index in [1.807, 2.05) is 16.8 Å². The minimum Gasteiger partial charge on any atom is -0.333 e. The molecule has 0 bridgehead atoms. The van der Waals surface area contributed by atoms with Crippen molar-refractivity contribution in [1.82, 2.24) is 9.55 Å². The molecule has 5 heteroatoms. The second kappa shape index (κ2) is 3.68. The average molecular weight is 205 g/mol. The summed E-state index contributed by atoms with van der Waals surface area (Å²) in [7, 11) is 0. The highest BCUT2D eigenvalue weighted by Gasteiger charge is 2.09. The van der Waals surface area contributed by atoms with Crippen LogP contribution in [0.3, 0.4) is 0 Å². The van der Waals surface area contributed by atoms with Gasteiger partial charge in [0.2, 0.25) is 0 Å². The predicted octanol–water partition coefficient (Wildman–Crippen LogP) is 2.35. The summed E-state index contributed by atoms with van der Waals surface area (Å²) in [5.41, 5.74) is 0.846. The molecule has 2 heterocycles. The van der Waals surface area contributed by atoms with Crippen molar-refractivity contribution in [2.24, 2.45) is 0 Å². The van der Waals surface area contributed by atoms with Crippen molar-refractivity contribution in [3.8, 4) is 0 Å². The van der Waals surface area contributed by atoms with E-state index >= 15 is 0 Å². The zero-order valence-corrected chi connectivity index (χ0v) is 8.38. The number of aryl methyl sites for hydroxylation is 1. The smallest absolute Gasteiger partial charge is 0.288 e. The maximum Gasteiger partial charge on any atom is 0.288 e. The fraction of sp³-hybridized carbons (Fsp3) is 0.300.